The Hall–Kier alpha value is 0.300. The van der Waals surface area contributed by atoms with Gasteiger partial charge in [0.15, 0.2) is 0 Å². The zero-order chi connectivity index (χ0) is 11.3. The highest BCUT2D eigenvalue weighted by Crippen LogP contribution is 2.25. The summed E-state index contributed by atoms with van der Waals surface area (Å²) in [5.41, 5.74) is 0. The summed E-state index contributed by atoms with van der Waals surface area (Å²) in [4.78, 5) is 11.9. The van der Waals surface area contributed by atoms with Gasteiger partial charge in [0.1, 0.15) is 0 Å². The average Bonchev–Trinajstić information content (AvgIpc) is 2.26. The predicted octanol–water partition coefficient (Wildman–Crippen LogP) is 2.81. The van der Waals surface area contributed by atoms with Crippen LogP contribution in [0.5, 0.6) is 0 Å². The van der Waals surface area contributed by atoms with Crippen LogP contribution in [0.1, 0.15) is 33.1 Å². The van der Waals surface area contributed by atoms with Crippen LogP contribution in [0, 0.1) is 5.92 Å². The van der Waals surface area contributed by atoms with Gasteiger partial charge in [-0.15, -0.1) is 11.8 Å². The summed E-state index contributed by atoms with van der Waals surface area (Å²) in [7, 11) is 0. The third-order valence-electron chi connectivity index (χ3n) is 2.77. The van der Waals surface area contributed by atoms with E-state index in [0.29, 0.717) is 5.92 Å². The van der Waals surface area contributed by atoms with Gasteiger partial charge in [-0.25, -0.2) is 0 Å². The second-order valence-corrected chi connectivity index (χ2v) is 6.33. The minimum atomic E-state index is 0.194. The van der Waals surface area contributed by atoms with Crippen LogP contribution in [0.3, 0.4) is 0 Å². The summed E-state index contributed by atoms with van der Waals surface area (Å²) in [6.07, 6.45) is 3.51. The molecule has 0 bridgehead atoms. The molecule has 2 unspecified atom stereocenters. The molecule has 1 heterocycles. The summed E-state index contributed by atoms with van der Waals surface area (Å²) in [6, 6.07) is 0.264. The van der Waals surface area contributed by atoms with Crippen molar-refractivity contribution in [3.8, 4) is 0 Å². The first-order valence-electron chi connectivity index (χ1n) is 5.63. The molecule has 0 radical (unpaired) electrons. The first-order valence-corrected chi connectivity index (χ1v) is 7.80. The molecule has 2 nitrogen and oxygen atoms in total. The average molecular weight is 294 g/mol. The number of halogens is 1. The third kappa shape index (κ3) is 4.35. The Kier molecular flexibility index (Phi) is 6.05. The molecule has 0 aromatic carbocycles. The van der Waals surface area contributed by atoms with Gasteiger partial charge < -0.3 is 5.32 Å². The van der Waals surface area contributed by atoms with Gasteiger partial charge in [0.05, 0.1) is 5.25 Å². The lowest BCUT2D eigenvalue weighted by Gasteiger charge is -2.25. The number of thioether (sulfide) groups is 1. The fourth-order valence-electron chi connectivity index (χ4n) is 1.61. The molecule has 2 atom stereocenters. The van der Waals surface area contributed by atoms with E-state index in [1.165, 1.54) is 12.8 Å². The molecular formula is C11H20BrNOS. The standard InChI is InChI=1S/C11H20BrNOS/c1-8(2)9(7-12)13-11(14)10-5-3-4-6-15-10/h8-10H,3-7H2,1-2H3,(H,13,14). The number of nitrogens with one attached hydrogen (secondary N) is 1. The van der Waals surface area contributed by atoms with E-state index in [0.717, 1.165) is 17.5 Å². The summed E-state index contributed by atoms with van der Waals surface area (Å²) in [5.74, 6) is 1.86. The molecule has 1 saturated heterocycles. The van der Waals surface area contributed by atoms with E-state index in [1.54, 1.807) is 0 Å². The number of hydrogen-bond donors (Lipinski definition) is 1. The Morgan fingerprint density at radius 2 is 2.27 bits per heavy atom. The van der Waals surface area contributed by atoms with E-state index >= 15 is 0 Å². The second-order valence-electron chi connectivity index (χ2n) is 4.37. The van der Waals surface area contributed by atoms with Gasteiger partial charge in [0.25, 0.3) is 0 Å². The van der Waals surface area contributed by atoms with Crippen molar-refractivity contribution in [3.05, 3.63) is 0 Å². The number of rotatable bonds is 4. The highest BCUT2D eigenvalue weighted by molar-refractivity contribution is 9.09. The molecule has 4 heteroatoms. The molecule has 0 aromatic heterocycles. The van der Waals surface area contributed by atoms with Gasteiger partial charge >= 0.3 is 0 Å². The summed E-state index contributed by atoms with van der Waals surface area (Å²) in [6.45, 7) is 4.28. The smallest absolute Gasteiger partial charge is 0.233 e. The van der Waals surface area contributed by atoms with Gasteiger partial charge in [-0.3, -0.25) is 4.79 Å². The Bertz CT molecular complexity index is 205. The number of alkyl halides is 1. The zero-order valence-corrected chi connectivity index (χ0v) is 11.9. The van der Waals surface area contributed by atoms with E-state index < -0.39 is 0 Å². The number of carbonyl (C=O) groups excluding carboxylic acids is 1. The zero-order valence-electron chi connectivity index (χ0n) is 9.46. The molecular weight excluding hydrogens is 274 g/mol. The van der Waals surface area contributed by atoms with Gasteiger partial charge in [0.2, 0.25) is 5.91 Å². The van der Waals surface area contributed by atoms with Crippen molar-refractivity contribution in [1.82, 2.24) is 5.32 Å². The van der Waals surface area contributed by atoms with Crippen molar-refractivity contribution in [1.29, 1.82) is 0 Å². The lowest BCUT2D eigenvalue weighted by atomic mass is 10.1. The maximum atomic E-state index is 11.9. The van der Waals surface area contributed by atoms with E-state index in [1.807, 2.05) is 11.8 Å². The molecule has 0 saturated carbocycles. The van der Waals surface area contributed by atoms with E-state index in [2.05, 4.69) is 35.1 Å². The van der Waals surface area contributed by atoms with Gasteiger partial charge in [-0.2, -0.15) is 0 Å². The van der Waals surface area contributed by atoms with Crippen LogP contribution in [0.15, 0.2) is 0 Å². The molecule has 1 amide bonds. The molecule has 0 aliphatic carbocycles. The first-order chi connectivity index (χ1) is 7.15. The fraction of sp³-hybridized carbons (Fsp3) is 0.909. The molecule has 15 heavy (non-hydrogen) atoms. The highest BCUT2D eigenvalue weighted by atomic mass is 79.9. The maximum absolute atomic E-state index is 11.9. The van der Waals surface area contributed by atoms with Crippen molar-refractivity contribution in [2.45, 2.75) is 44.4 Å². The normalized spacial score (nSPS) is 23.9. The molecule has 1 fully saturated rings. The molecule has 1 rings (SSSR count). The Morgan fingerprint density at radius 3 is 2.73 bits per heavy atom. The second kappa shape index (κ2) is 6.79. The van der Waals surface area contributed by atoms with Crippen molar-refractivity contribution < 1.29 is 4.79 Å². The summed E-state index contributed by atoms with van der Waals surface area (Å²) >= 11 is 5.26. The summed E-state index contributed by atoms with van der Waals surface area (Å²) in [5, 5.41) is 4.16. The lowest BCUT2D eigenvalue weighted by molar-refractivity contribution is -0.121. The first kappa shape index (κ1) is 13.4. The maximum Gasteiger partial charge on any atom is 0.233 e. The fourth-order valence-corrected chi connectivity index (χ4v) is 3.72. The third-order valence-corrected chi connectivity index (χ3v) is 4.84. The quantitative estimate of drug-likeness (QED) is 0.808. The number of carbonyl (C=O) groups is 1. The Labute approximate surface area is 105 Å². The molecule has 0 aromatic rings. The van der Waals surface area contributed by atoms with Crippen molar-refractivity contribution in [2.75, 3.05) is 11.1 Å². The molecule has 1 N–H and O–H groups in total. The van der Waals surface area contributed by atoms with Crippen LogP contribution < -0.4 is 5.32 Å². The lowest BCUT2D eigenvalue weighted by Crippen LogP contribution is -2.44. The highest BCUT2D eigenvalue weighted by Gasteiger charge is 2.24. The Morgan fingerprint density at radius 1 is 1.53 bits per heavy atom. The monoisotopic (exact) mass is 293 g/mol. The molecule has 1 aliphatic rings. The minimum absolute atomic E-state index is 0.194. The summed E-state index contributed by atoms with van der Waals surface area (Å²) < 4.78 is 0. The number of amides is 1. The van der Waals surface area contributed by atoms with Crippen LogP contribution >= 0.6 is 27.7 Å². The van der Waals surface area contributed by atoms with Gasteiger partial charge in [-0.1, -0.05) is 36.2 Å². The van der Waals surface area contributed by atoms with Crippen molar-refractivity contribution >= 4 is 33.6 Å². The SMILES string of the molecule is CC(C)C(CBr)NC(=O)C1CCCCS1. The topological polar surface area (TPSA) is 29.1 Å². The molecule has 1 aliphatic heterocycles. The van der Waals surface area contributed by atoms with Crippen LogP contribution in [0.4, 0.5) is 0 Å². The van der Waals surface area contributed by atoms with Crippen LogP contribution in [0.2, 0.25) is 0 Å². The predicted molar refractivity (Wildman–Crippen MR) is 70.7 cm³/mol. The molecule has 0 spiro atoms. The van der Waals surface area contributed by atoms with Crippen LogP contribution in [-0.4, -0.2) is 28.3 Å². The van der Waals surface area contributed by atoms with Crippen molar-refractivity contribution in [2.24, 2.45) is 5.92 Å². The van der Waals surface area contributed by atoms with Crippen molar-refractivity contribution in [3.63, 3.8) is 0 Å². The van der Waals surface area contributed by atoms with Gasteiger partial charge in [0, 0.05) is 11.4 Å². The Balaban J connectivity index is 2.38. The van der Waals surface area contributed by atoms with Gasteiger partial charge in [-0.05, 0) is 24.5 Å². The number of hydrogen-bond acceptors (Lipinski definition) is 2. The molecule has 88 valence electrons. The van der Waals surface area contributed by atoms with Crippen LogP contribution in [-0.2, 0) is 4.79 Å². The minimum Gasteiger partial charge on any atom is -0.351 e. The largest absolute Gasteiger partial charge is 0.351 e. The van der Waals surface area contributed by atoms with E-state index in [4.69, 9.17) is 0 Å². The van der Waals surface area contributed by atoms with E-state index in [9.17, 15) is 4.79 Å². The van der Waals surface area contributed by atoms with Crippen LogP contribution in [0.25, 0.3) is 0 Å². The van der Waals surface area contributed by atoms with E-state index in [-0.39, 0.29) is 17.2 Å².